The van der Waals surface area contributed by atoms with Gasteiger partial charge >= 0.3 is 12.4 Å². The van der Waals surface area contributed by atoms with E-state index in [0.717, 1.165) is 22.4 Å². The summed E-state index contributed by atoms with van der Waals surface area (Å²) in [5.74, 6) is -0.387. The van der Waals surface area contributed by atoms with Gasteiger partial charge in [0.15, 0.2) is 0 Å². The van der Waals surface area contributed by atoms with Crippen molar-refractivity contribution < 1.29 is 22.7 Å². The van der Waals surface area contributed by atoms with Gasteiger partial charge in [-0.05, 0) is 53.1 Å². The van der Waals surface area contributed by atoms with Crippen molar-refractivity contribution in [3.8, 4) is 5.75 Å². The zero-order valence-corrected chi connectivity index (χ0v) is 22.0. The first kappa shape index (κ1) is 27.1. The number of amides is 1. The lowest BCUT2D eigenvalue weighted by atomic mass is 10.0. The highest BCUT2D eigenvalue weighted by Crippen LogP contribution is 2.34. The molecule has 5 rings (SSSR count). The van der Waals surface area contributed by atoms with Crippen molar-refractivity contribution in [2.75, 3.05) is 13.1 Å². The van der Waals surface area contributed by atoms with E-state index in [2.05, 4.69) is 26.0 Å². The number of carbonyl (C=O) groups excluding carboxylic acids is 1. The van der Waals surface area contributed by atoms with Gasteiger partial charge in [0, 0.05) is 61.0 Å². The van der Waals surface area contributed by atoms with Gasteiger partial charge in [-0.2, -0.15) is 0 Å². The zero-order valence-electron chi connectivity index (χ0n) is 20.5. The molecule has 1 N–H and O–H groups in total. The number of hydrogen-bond acceptors (Lipinski definition) is 4. The van der Waals surface area contributed by atoms with Gasteiger partial charge in [0.1, 0.15) is 10.9 Å². The third kappa shape index (κ3) is 6.55. The molecular weight excluding hydrogens is 552 g/mol. The lowest BCUT2D eigenvalue weighted by Crippen LogP contribution is -2.34. The SMILES string of the molecule is O=C(NCc1ccnc(Cl)c1)n1c2c(c3ccc(OC(F)(F)F)cc31)CN(CC=Cc1ccc(Cl)cc1)CC2. The average molecular weight is 575 g/mol. The van der Waals surface area contributed by atoms with Crippen LogP contribution in [0.15, 0.2) is 66.9 Å². The maximum absolute atomic E-state index is 13.4. The summed E-state index contributed by atoms with van der Waals surface area (Å²) in [6.45, 7) is 2.05. The summed E-state index contributed by atoms with van der Waals surface area (Å²) in [7, 11) is 0. The van der Waals surface area contributed by atoms with Crippen LogP contribution in [0.5, 0.6) is 5.75 Å². The Hall–Kier alpha value is -3.53. The van der Waals surface area contributed by atoms with Crippen molar-refractivity contribution in [1.29, 1.82) is 0 Å². The van der Waals surface area contributed by atoms with E-state index in [1.54, 1.807) is 18.2 Å². The summed E-state index contributed by atoms with van der Waals surface area (Å²) >= 11 is 11.9. The van der Waals surface area contributed by atoms with Crippen LogP contribution in [-0.4, -0.2) is 39.9 Å². The van der Waals surface area contributed by atoms with Crippen molar-refractivity contribution >= 4 is 46.2 Å². The Morgan fingerprint density at radius 1 is 1.10 bits per heavy atom. The lowest BCUT2D eigenvalue weighted by molar-refractivity contribution is -0.274. The smallest absolute Gasteiger partial charge is 0.406 e. The van der Waals surface area contributed by atoms with E-state index in [-0.39, 0.29) is 12.3 Å². The van der Waals surface area contributed by atoms with Crippen LogP contribution in [0.25, 0.3) is 17.0 Å². The Balaban J connectivity index is 1.42. The molecule has 3 heterocycles. The Kier molecular flexibility index (Phi) is 7.83. The molecule has 202 valence electrons. The molecule has 0 aliphatic carbocycles. The van der Waals surface area contributed by atoms with Gasteiger partial charge < -0.3 is 10.1 Å². The number of benzene rings is 2. The van der Waals surface area contributed by atoms with Gasteiger partial charge in [0.2, 0.25) is 0 Å². The number of alkyl halides is 3. The van der Waals surface area contributed by atoms with Crippen LogP contribution in [0.2, 0.25) is 10.2 Å². The molecule has 39 heavy (non-hydrogen) atoms. The Bertz CT molecular complexity index is 1530. The molecular formula is C28H23Cl2F3N4O2. The van der Waals surface area contributed by atoms with Crippen molar-refractivity contribution in [3.63, 3.8) is 0 Å². The minimum Gasteiger partial charge on any atom is -0.406 e. The number of pyridine rings is 1. The predicted molar refractivity (Wildman–Crippen MR) is 145 cm³/mol. The van der Waals surface area contributed by atoms with Crippen LogP contribution in [0.3, 0.4) is 0 Å². The molecule has 0 saturated carbocycles. The molecule has 0 bridgehead atoms. The number of halogens is 5. The molecule has 11 heteroatoms. The van der Waals surface area contributed by atoms with Gasteiger partial charge in [0.05, 0.1) is 5.52 Å². The fourth-order valence-corrected chi connectivity index (χ4v) is 5.02. The molecule has 0 radical (unpaired) electrons. The number of carbonyl (C=O) groups is 1. The standard InChI is InChI=1S/C28H23Cl2F3N4O2/c29-20-5-3-18(4-6-20)2-1-12-36-13-10-24-23(17-36)22-8-7-21(39-28(31,32)33)15-25(22)37(24)27(38)35-16-19-9-11-34-26(30)14-19/h1-9,11,14-15H,10,12-13,16-17H2,(H,35,38). The maximum atomic E-state index is 13.4. The predicted octanol–water partition coefficient (Wildman–Crippen LogP) is 7.07. The third-order valence-electron chi connectivity index (χ3n) is 6.42. The average Bonchev–Trinajstić information content (AvgIpc) is 3.20. The summed E-state index contributed by atoms with van der Waals surface area (Å²) in [6, 6.07) is 14.5. The molecule has 0 unspecified atom stereocenters. The first-order valence-corrected chi connectivity index (χ1v) is 12.9. The van der Waals surface area contributed by atoms with Gasteiger partial charge in [-0.3, -0.25) is 9.47 Å². The van der Waals surface area contributed by atoms with Crippen LogP contribution in [0.1, 0.15) is 22.4 Å². The number of nitrogens with zero attached hydrogens (tertiary/aromatic N) is 3. The van der Waals surface area contributed by atoms with Gasteiger partial charge in [-0.25, -0.2) is 9.78 Å². The van der Waals surface area contributed by atoms with E-state index >= 15 is 0 Å². The molecule has 1 aliphatic rings. The van der Waals surface area contributed by atoms with Crippen LogP contribution in [0.4, 0.5) is 18.0 Å². The van der Waals surface area contributed by atoms with Crippen molar-refractivity contribution in [1.82, 2.24) is 19.8 Å². The van der Waals surface area contributed by atoms with Gasteiger partial charge in [0.25, 0.3) is 0 Å². The van der Waals surface area contributed by atoms with Crippen molar-refractivity contribution in [2.24, 2.45) is 0 Å². The molecule has 1 aliphatic heterocycles. The van der Waals surface area contributed by atoms with Crippen LogP contribution >= 0.6 is 23.2 Å². The highest BCUT2D eigenvalue weighted by molar-refractivity contribution is 6.30. The molecule has 0 spiro atoms. The minimum absolute atomic E-state index is 0.176. The first-order chi connectivity index (χ1) is 18.7. The van der Waals surface area contributed by atoms with Gasteiger partial charge in [-0.1, -0.05) is 47.5 Å². The number of nitrogens with one attached hydrogen (secondary N) is 1. The fourth-order valence-electron chi connectivity index (χ4n) is 4.70. The fraction of sp³-hybridized carbons (Fsp3) is 0.214. The van der Waals surface area contributed by atoms with E-state index in [9.17, 15) is 18.0 Å². The van der Waals surface area contributed by atoms with Crippen LogP contribution < -0.4 is 10.1 Å². The van der Waals surface area contributed by atoms with Crippen molar-refractivity contribution in [2.45, 2.75) is 25.9 Å². The molecule has 0 saturated heterocycles. The Morgan fingerprint density at radius 2 is 1.90 bits per heavy atom. The summed E-state index contributed by atoms with van der Waals surface area (Å²) in [6.07, 6.45) is 1.29. The van der Waals surface area contributed by atoms with Crippen LogP contribution in [-0.2, 0) is 19.5 Å². The topological polar surface area (TPSA) is 59.4 Å². The zero-order chi connectivity index (χ0) is 27.6. The quantitative estimate of drug-likeness (QED) is 0.250. The molecule has 1 amide bonds. The minimum atomic E-state index is -4.85. The summed E-state index contributed by atoms with van der Waals surface area (Å²) < 4.78 is 44.4. The number of fused-ring (bicyclic) bond motifs is 3. The first-order valence-electron chi connectivity index (χ1n) is 12.1. The number of ether oxygens (including phenoxy) is 1. The highest BCUT2D eigenvalue weighted by Gasteiger charge is 2.32. The second kappa shape index (κ2) is 11.3. The molecule has 0 fully saturated rings. The normalized spacial score (nSPS) is 14.1. The molecule has 2 aromatic heterocycles. The molecule has 4 aromatic rings. The van der Waals surface area contributed by atoms with Crippen LogP contribution in [0, 0.1) is 0 Å². The second-order valence-electron chi connectivity index (χ2n) is 9.07. The van der Waals surface area contributed by atoms with E-state index < -0.39 is 12.4 Å². The Morgan fingerprint density at radius 3 is 2.64 bits per heavy atom. The number of aromatic nitrogens is 2. The number of hydrogen-bond donors (Lipinski definition) is 1. The molecule has 0 atom stereocenters. The largest absolute Gasteiger partial charge is 0.573 e. The van der Waals surface area contributed by atoms with E-state index in [1.807, 2.05) is 30.3 Å². The maximum Gasteiger partial charge on any atom is 0.573 e. The van der Waals surface area contributed by atoms with Crippen molar-refractivity contribution in [3.05, 3.63) is 99.4 Å². The number of rotatable bonds is 6. The second-order valence-corrected chi connectivity index (χ2v) is 9.90. The van der Waals surface area contributed by atoms with E-state index in [1.165, 1.54) is 22.9 Å². The highest BCUT2D eigenvalue weighted by atomic mass is 35.5. The molecule has 6 nitrogen and oxygen atoms in total. The summed E-state index contributed by atoms with van der Waals surface area (Å²) in [4.78, 5) is 19.5. The molecule has 2 aromatic carbocycles. The summed E-state index contributed by atoms with van der Waals surface area (Å²) in [5.41, 5.74) is 3.78. The lowest BCUT2D eigenvalue weighted by Gasteiger charge is -2.27. The third-order valence-corrected chi connectivity index (χ3v) is 6.87. The summed E-state index contributed by atoms with van der Waals surface area (Å²) in [5, 5.41) is 4.52. The van der Waals surface area contributed by atoms with Gasteiger partial charge in [-0.15, -0.1) is 13.2 Å². The van der Waals surface area contributed by atoms with E-state index in [0.29, 0.717) is 47.1 Å². The Labute approximate surface area is 232 Å². The monoisotopic (exact) mass is 574 g/mol. The van der Waals surface area contributed by atoms with E-state index in [4.69, 9.17) is 23.2 Å².